The maximum Gasteiger partial charge on any atom is 0.339 e. The Hall–Kier alpha value is -2.59. The molecular weight excluding hydrogens is 350 g/mol. The molecule has 1 aromatic heterocycles. The normalized spacial score (nSPS) is 15.7. The van der Waals surface area contributed by atoms with Crippen LogP contribution in [0.4, 0.5) is 0 Å². The molecule has 0 spiro atoms. The molecule has 1 fully saturated rings. The van der Waals surface area contributed by atoms with Crippen molar-refractivity contribution < 1.29 is 9.15 Å². The second kappa shape index (κ2) is 9.07. The Kier molecular flexibility index (Phi) is 6.07. The van der Waals surface area contributed by atoms with Gasteiger partial charge in [0.1, 0.15) is 11.3 Å². The van der Waals surface area contributed by atoms with Crippen LogP contribution in [0, 0.1) is 5.92 Å². The summed E-state index contributed by atoms with van der Waals surface area (Å²) < 4.78 is 11.1. The lowest BCUT2D eigenvalue weighted by atomic mass is 9.90. The zero-order chi connectivity index (χ0) is 19.2. The van der Waals surface area contributed by atoms with Crippen LogP contribution in [-0.2, 0) is 6.42 Å². The fraction of sp³-hybridized carbons (Fsp3) is 0.375. The summed E-state index contributed by atoms with van der Waals surface area (Å²) in [5, 5.41) is 0.851. The smallest absolute Gasteiger partial charge is 0.339 e. The minimum absolute atomic E-state index is 0.366. The quantitative estimate of drug-likeness (QED) is 0.449. The Labute approximate surface area is 165 Å². The van der Waals surface area contributed by atoms with Crippen molar-refractivity contribution in [3.63, 3.8) is 0 Å². The van der Waals surface area contributed by atoms with Gasteiger partial charge in [-0.25, -0.2) is 4.79 Å². The minimum Gasteiger partial charge on any atom is -0.492 e. The molecule has 2 aromatic carbocycles. The molecule has 0 amide bonds. The SMILES string of the molecule is O=c1cc(OCCCN2CCC(Cc3ccccc3)CC2)c2ccccc2o1. The molecule has 4 rings (SSSR count). The number of ether oxygens (including phenoxy) is 1. The molecule has 0 unspecified atom stereocenters. The van der Waals surface area contributed by atoms with Gasteiger partial charge in [-0.3, -0.25) is 0 Å². The van der Waals surface area contributed by atoms with Gasteiger partial charge in [0, 0.05) is 6.54 Å². The zero-order valence-corrected chi connectivity index (χ0v) is 16.2. The van der Waals surface area contributed by atoms with Crippen molar-refractivity contribution in [3.05, 3.63) is 76.6 Å². The number of hydrogen-bond donors (Lipinski definition) is 0. The molecule has 0 atom stereocenters. The first-order valence-electron chi connectivity index (χ1n) is 10.2. The predicted octanol–water partition coefficient (Wildman–Crippen LogP) is 4.52. The molecule has 4 heteroatoms. The van der Waals surface area contributed by atoms with Gasteiger partial charge in [-0.1, -0.05) is 42.5 Å². The molecule has 2 heterocycles. The molecule has 1 aliphatic rings. The number of fused-ring (bicyclic) bond motifs is 1. The molecule has 1 saturated heterocycles. The Balaban J connectivity index is 1.21. The molecule has 28 heavy (non-hydrogen) atoms. The fourth-order valence-electron chi connectivity index (χ4n) is 4.03. The predicted molar refractivity (Wildman–Crippen MR) is 112 cm³/mol. The highest BCUT2D eigenvalue weighted by molar-refractivity contribution is 5.82. The molecule has 0 N–H and O–H groups in total. The van der Waals surface area contributed by atoms with Gasteiger partial charge in [0.25, 0.3) is 0 Å². The van der Waals surface area contributed by atoms with Gasteiger partial charge in [0.2, 0.25) is 0 Å². The van der Waals surface area contributed by atoms with Crippen LogP contribution in [0.15, 0.2) is 69.9 Å². The topological polar surface area (TPSA) is 42.7 Å². The van der Waals surface area contributed by atoms with Crippen LogP contribution in [-0.4, -0.2) is 31.1 Å². The molecule has 1 aliphatic heterocycles. The van der Waals surface area contributed by atoms with Crippen LogP contribution >= 0.6 is 0 Å². The summed E-state index contributed by atoms with van der Waals surface area (Å²) in [7, 11) is 0. The number of para-hydroxylation sites is 1. The van der Waals surface area contributed by atoms with E-state index in [1.807, 2.05) is 18.2 Å². The summed E-state index contributed by atoms with van der Waals surface area (Å²) in [4.78, 5) is 14.2. The van der Waals surface area contributed by atoms with Gasteiger partial charge in [-0.05, 0) is 62.4 Å². The Morgan fingerprint density at radius 1 is 1.00 bits per heavy atom. The second-order valence-electron chi connectivity index (χ2n) is 7.60. The summed E-state index contributed by atoms with van der Waals surface area (Å²) in [5.74, 6) is 1.42. The summed E-state index contributed by atoms with van der Waals surface area (Å²) in [6.45, 7) is 3.97. The highest BCUT2D eigenvalue weighted by Crippen LogP contribution is 2.24. The van der Waals surface area contributed by atoms with Crippen molar-refractivity contribution in [2.24, 2.45) is 5.92 Å². The van der Waals surface area contributed by atoms with E-state index in [1.165, 1.54) is 30.9 Å². The zero-order valence-electron chi connectivity index (χ0n) is 16.2. The van der Waals surface area contributed by atoms with E-state index in [9.17, 15) is 4.79 Å². The summed E-state index contributed by atoms with van der Waals surface area (Å²) in [6, 6.07) is 19.7. The van der Waals surface area contributed by atoms with E-state index in [4.69, 9.17) is 9.15 Å². The van der Waals surface area contributed by atoms with E-state index in [0.29, 0.717) is 17.9 Å². The number of likely N-dealkylation sites (tertiary alicyclic amines) is 1. The Morgan fingerprint density at radius 2 is 1.75 bits per heavy atom. The lowest BCUT2D eigenvalue weighted by Gasteiger charge is -2.32. The first-order chi connectivity index (χ1) is 13.8. The van der Waals surface area contributed by atoms with Crippen LogP contribution in [0.3, 0.4) is 0 Å². The van der Waals surface area contributed by atoms with Gasteiger partial charge in [-0.15, -0.1) is 0 Å². The highest BCUT2D eigenvalue weighted by Gasteiger charge is 2.19. The van der Waals surface area contributed by atoms with Crippen molar-refractivity contribution in [2.75, 3.05) is 26.2 Å². The standard InChI is InChI=1S/C24H27NO3/c26-24-18-23(21-9-4-5-10-22(21)28-24)27-16-6-13-25-14-11-20(12-15-25)17-19-7-2-1-3-8-19/h1-5,7-10,18,20H,6,11-17H2. The van der Waals surface area contributed by atoms with Crippen LogP contribution in [0.25, 0.3) is 11.0 Å². The third-order valence-electron chi connectivity index (χ3n) is 5.56. The molecule has 4 nitrogen and oxygen atoms in total. The number of benzene rings is 2. The molecular formula is C24H27NO3. The largest absolute Gasteiger partial charge is 0.492 e. The van der Waals surface area contributed by atoms with Gasteiger partial charge in [-0.2, -0.15) is 0 Å². The minimum atomic E-state index is -0.366. The highest BCUT2D eigenvalue weighted by atomic mass is 16.5. The van der Waals surface area contributed by atoms with Crippen molar-refractivity contribution in [1.82, 2.24) is 4.90 Å². The molecule has 0 saturated carbocycles. The maximum absolute atomic E-state index is 11.7. The van der Waals surface area contributed by atoms with E-state index in [-0.39, 0.29) is 5.63 Å². The lowest BCUT2D eigenvalue weighted by molar-refractivity contribution is 0.171. The van der Waals surface area contributed by atoms with Crippen LogP contribution < -0.4 is 10.4 Å². The van der Waals surface area contributed by atoms with Gasteiger partial charge in [0.05, 0.1) is 18.1 Å². The third kappa shape index (κ3) is 4.82. The Bertz CT molecular complexity index is 943. The molecule has 0 bridgehead atoms. The number of nitrogens with zero attached hydrogens (tertiary/aromatic N) is 1. The van der Waals surface area contributed by atoms with Gasteiger partial charge >= 0.3 is 5.63 Å². The number of rotatable bonds is 7. The van der Waals surface area contributed by atoms with E-state index in [0.717, 1.165) is 37.4 Å². The molecule has 0 radical (unpaired) electrons. The molecule has 146 valence electrons. The summed E-state index contributed by atoms with van der Waals surface area (Å²) in [5.41, 5.74) is 1.66. The average Bonchev–Trinajstić information content (AvgIpc) is 2.73. The third-order valence-corrected chi connectivity index (χ3v) is 5.56. The first-order valence-corrected chi connectivity index (χ1v) is 10.2. The maximum atomic E-state index is 11.7. The number of hydrogen-bond acceptors (Lipinski definition) is 4. The van der Waals surface area contributed by atoms with Crippen LogP contribution in [0.5, 0.6) is 5.75 Å². The van der Waals surface area contributed by atoms with Crippen molar-refractivity contribution >= 4 is 11.0 Å². The fourth-order valence-corrected chi connectivity index (χ4v) is 4.03. The van der Waals surface area contributed by atoms with Gasteiger partial charge in [0.15, 0.2) is 0 Å². The van der Waals surface area contributed by atoms with Crippen molar-refractivity contribution in [2.45, 2.75) is 25.7 Å². The van der Waals surface area contributed by atoms with E-state index < -0.39 is 0 Å². The lowest BCUT2D eigenvalue weighted by Crippen LogP contribution is -2.35. The monoisotopic (exact) mass is 377 g/mol. The van der Waals surface area contributed by atoms with Crippen LogP contribution in [0.2, 0.25) is 0 Å². The number of piperidine rings is 1. The van der Waals surface area contributed by atoms with Crippen molar-refractivity contribution in [1.29, 1.82) is 0 Å². The first kappa shape index (κ1) is 18.8. The molecule has 3 aromatic rings. The summed E-state index contributed by atoms with van der Waals surface area (Å²) >= 11 is 0. The van der Waals surface area contributed by atoms with Gasteiger partial charge < -0.3 is 14.1 Å². The van der Waals surface area contributed by atoms with E-state index in [1.54, 1.807) is 6.07 Å². The second-order valence-corrected chi connectivity index (χ2v) is 7.60. The van der Waals surface area contributed by atoms with E-state index in [2.05, 4.69) is 35.2 Å². The van der Waals surface area contributed by atoms with Crippen molar-refractivity contribution in [3.8, 4) is 5.75 Å². The Morgan fingerprint density at radius 3 is 2.57 bits per heavy atom. The van der Waals surface area contributed by atoms with E-state index >= 15 is 0 Å². The van der Waals surface area contributed by atoms with Crippen LogP contribution in [0.1, 0.15) is 24.8 Å². The average molecular weight is 377 g/mol. The molecule has 0 aliphatic carbocycles. The summed E-state index contributed by atoms with van der Waals surface area (Å²) in [6.07, 6.45) is 4.68.